The van der Waals surface area contributed by atoms with Gasteiger partial charge in [-0.05, 0) is 67.7 Å². The fourth-order valence-electron chi connectivity index (χ4n) is 4.17. The van der Waals surface area contributed by atoms with Crippen molar-refractivity contribution < 1.29 is 4.79 Å². The minimum atomic E-state index is -0.171. The molecule has 134 valence electrons. The number of anilines is 2. The lowest BCUT2D eigenvalue weighted by molar-refractivity contribution is -0.126. The summed E-state index contributed by atoms with van der Waals surface area (Å²) in [7, 11) is 0. The van der Waals surface area contributed by atoms with Crippen LogP contribution in [0.2, 0.25) is 0 Å². The molecule has 5 heteroatoms. The van der Waals surface area contributed by atoms with E-state index in [4.69, 9.17) is 11.1 Å². The molecule has 2 aromatic carbocycles. The molecule has 2 fully saturated rings. The van der Waals surface area contributed by atoms with Gasteiger partial charge < -0.3 is 21.4 Å². The SMILES string of the molecule is N=Cc1cc(-c2cccc(N3CCC4(CCNCC4)C3=O)c2)ccc1N. The number of hydrogen-bond acceptors (Lipinski definition) is 4. The van der Waals surface area contributed by atoms with Gasteiger partial charge in [0.25, 0.3) is 0 Å². The molecule has 26 heavy (non-hydrogen) atoms. The molecule has 1 spiro atoms. The highest BCUT2D eigenvalue weighted by atomic mass is 16.2. The monoisotopic (exact) mass is 348 g/mol. The largest absolute Gasteiger partial charge is 0.398 e. The Kier molecular flexibility index (Phi) is 4.24. The number of amides is 1. The first-order chi connectivity index (χ1) is 12.6. The average Bonchev–Trinajstić information content (AvgIpc) is 2.99. The maximum absolute atomic E-state index is 13.1. The summed E-state index contributed by atoms with van der Waals surface area (Å²) in [5.74, 6) is 0.272. The second-order valence-electron chi connectivity index (χ2n) is 7.28. The van der Waals surface area contributed by atoms with E-state index in [1.807, 2.05) is 41.3 Å². The molecule has 0 bridgehead atoms. The molecule has 0 aliphatic carbocycles. The molecular formula is C21H24N4O. The maximum atomic E-state index is 13.1. The summed E-state index contributed by atoms with van der Waals surface area (Å²) in [5.41, 5.74) is 10.0. The Labute approximate surface area is 153 Å². The second-order valence-corrected chi connectivity index (χ2v) is 7.28. The lowest BCUT2D eigenvalue weighted by Gasteiger charge is -2.32. The molecule has 5 nitrogen and oxygen atoms in total. The van der Waals surface area contributed by atoms with Crippen molar-refractivity contribution >= 4 is 23.5 Å². The molecule has 2 heterocycles. The second kappa shape index (κ2) is 6.57. The Morgan fingerprint density at radius 1 is 1.08 bits per heavy atom. The van der Waals surface area contributed by atoms with Gasteiger partial charge in [-0.15, -0.1) is 0 Å². The van der Waals surface area contributed by atoms with Gasteiger partial charge in [-0.25, -0.2) is 0 Å². The quantitative estimate of drug-likeness (QED) is 0.589. The van der Waals surface area contributed by atoms with Crippen LogP contribution in [-0.4, -0.2) is 31.8 Å². The highest BCUT2D eigenvalue weighted by Gasteiger charge is 2.47. The number of nitrogens with zero attached hydrogens (tertiary/aromatic N) is 1. The summed E-state index contributed by atoms with van der Waals surface area (Å²) in [4.78, 5) is 15.1. The van der Waals surface area contributed by atoms with Gasteiger partial charge in [-0.1, -0.05) is 18.2 Å². The van der Waals surface area contributed by atoms with Gasteiger partial charge >= 0.3 is 0 Å². The smallest absolute Gasteiger partial charge is 0.233 e. The number of rotatable bonds is 3. The number of carbonyl (C=O) groups excluding carboxylic acids is 1. The van der Waals surface area contributed by atoms with E-state index in [1.54, 1.807) is 0 Å². The zero-order valence-electron chi connectivity index (χ0n) is 14.8. The van der Waals surface area contributed by atoms with Crippen molar-refractivity contribution in [3.63, 3.8) is 0 Å². The molecule has 0 aromatic heterocycles. The van der Waals surface area contributed by atoms with Crippen molar-refractivity contribution in [2.75, 3.05) is 30.3 Å². The molecule has 0 radical (unpaired) electrons. The number of nitrogen functional groups attached to an aromatic ring is 1. The Morgan fingerprint density at radius 3 is 2.62 bits per heavy atom. The van der Waals surface area contributed by atoms with Gasteiger partial charge in [0, 0.05) is 29.7 Å². The number of piperidine rings is 1. The third-order valence-corrected chi connectivity index (χ3v) is 5.81. The van der Waals surface area contributed by atoms with Crippen LogP contribution in [0.25, 0.3) is 11.1 Å². The minimum absolute atomic E-state index is 0.171. The van der Waals surface area contributed by atoms with Gasteiger partial charge in [0.15, 0.2) is 0 Å². The molecule has 0 atom stereocenters. The third kappa shape index (κ3) is 2.78. The molecule has 0 unspecified atom stereocenters. The molecule has 4 N–H and O–H groups in total. The highest BCUT2D eigenvalue weighted by molar-refractivity contribution is 6.00. The van der Waals surface area contributed by atoms with E-state index in [0.717, 1.165) is 55.7 Å². The first-order valence-electron chi connectivity index (χ1n) is 9.16. The maximum Gasteiger partial charge on any atom is 0.233 e. The number of nitrogens with one attached hydrogen (secondary N) is 2. The molecular weight excluding hydrogens is 324 g/mol. The van der Waals surface area contributed by atoms with E-state index >= 15 is 0 Å². The molecule has 2 aromatic rings. The van der Waals surface area contributed by atoms with Crippen LogP contribution in [0.15, 0.2) is 42.5 Å². The summed E-state index contributed by atoms with van der Waals surface area (Å²) in [6.07, 6.45) is 4.08. The Bertz CT molecular complexity index is 855. The topological polar surface area (TPSA) is 82.2 Å². The zero-order chi connectivity index (χ0) is 18.1. The van der Waals surface area contributed by atoms with E-state index in [-0.39, 0.29) is 11.3 Å². The molecule has 1 amide bonds. The van der Waals surface area contributed by atoms with Crippen molar-refractivity contribution in [2.45, 2.75) is 19.3 Å². The van der Waals surface area contributed by atoms with Gasteiger partial charge in [0.2, 0.25) is 5.91 Å². The molecule has 2 aliphatic heterocycles. The van der Waals surface area contributed by atoms with E-state index < -0.39 is 0 Å². The standard InChI is InChI=1S/C21H24N4O/c22-14-17-12-16(4-5-19(17)23)15-2-1-3-18(13-15)25-11-8-21(20(25)26)6-9-24-10-7-21/h1-5,12-14,22,24H,6-11,23H2. The molecule has 4 rings (SSSR count). The van der Waals surface area contributed by atoms with Crippen LogP contribution in [0.1, 0.15) is 24.8 Å². The fraction of sp³-hybridized carbons (Fsp3) is 0.333. The predicted molar refractivity (Wildman–Crippen MR) is 106 cm³/mol. The summed E-state index contributed by atoms with van der Waals surface area (Å²) < 4.78 is 0. The van der Waals surface area contributed by atoms with Crippen molar-refractivity contribution in [3.05, 3.63) is 48.0 Å². The zero-order valence-corrected chi connectivity index (χ0v) is 14.8. The number of nitrogens with two attached hydrogens (primary N) is 1. The summed E-state index contributed by atoms with van der Waals surface area (Å²) in [6.45, 7) is 2.64. The lowest BCUT2D eigenvalue weighted by Crippen LogP contribution is -2.42. The van der Waals surface area contributed by atoms with Gasteiger partial charge in [-0.2, -0.15) is 0 Å². The highest BCUT2D eigenvalue weighted by Crippen LogP contribution is 2.42. The van der Waals surface area contributed by atoms with Crippen LogP contribution in [0.5, 0.6) is 0 Å². The van der Waals surface area contributed by atoms with Gasteiger partial charge in [0.05, 0.1) is 5.41 Å². The van der Waals surface area contributed by atoms with Crippen molar-refractivity contribution in [2.24, 2.45) is 5.41 Å². The number of carbonyl (C=O) groups is 1. The van der Waals surface area contributed by atoms with Crippen LogP contribution in [0, 0.1) is 10.8 Å². The molecule has 0 saturated carbocycles. The van der Waals surface area contributed by atoms with Crippen molar-refractivity contribution in [1.29, 1.82) is 5.41 Å². The Balaban J connectivity index is 1.64. The Morgan fingerprint density at radius 2 is 1.85 bits per heavy atom. The van der Waals surface area contributed by atoms with Crippen molar-refractivity contribution in [1.82, 2.24) is 5.32 Å². The number of benzene rings is 2. The van der Waals surface area contributed by atoms with E-state index in [9.17, 15) is 4.79 Å². The van der Waals surface area contributed by atoms with Crippen LogP contribution in [0.4, 0.5) is 11.4 Å². The first kappa shape index (κ1) is 16.8. The predicted octanol–water partition coefficient (Wildman–Crippen LogP) is 3.04. The van der Waals surface area contributed by atoms with Crippen LogP contribution < -0.4 is 16.0 Å². The summed E-state index contributed by atoms with van der Waals surface area (Å²) >= 11 is 0. The van der Waals surface area contributed by atoms with E-state index in [1.165, 1.54) is 6.21 Å². The van der Waals surface area contributed by atoms with Crippen LogP contribution >= 0.6 is 0 Å². The van der Waals surface area contributed by atoms with E-state index in [0.29, 0.717) is 11.3 Å². The van der Waals surface area contributed by atoms with Crippen LogP contribution in [0.3, 0.4) is 0 Å². The lowest BCUT2D eigenvalue weighted by atomic mass is 9.77. The first-order valence-corrected chi connectivity index (χ1v) is 9.16. The summed E-state index contributed by atoms with van der Waals surface area (Å²) in [5, 5.41) is 10.9. The van der Waals surface area contributed by atoms with E-state index in [2.05, 4.69) is 11.4 Å². The third-order valence-electron chi connectivity index (χ3n) is 5.81. The average molecular weight is 348 g/mol. The minimum Gasteiger partial charge on any atom is -0.398 e. The normalized spacial score (nSPS) is 19.1. The van der Waals surface area contributed by atoms with Crippen LogP contribution in [-0.2, 0) is 4.79 Å². The fourth-order valence-corrected chi connectivity index (χ4v) is 4.17. The van der Waals surface area contributed by atoms with Gasteiger partial charge in [-0.3, -0.25) is 4.79 Å². The molecule has 2 saturated heterocycles. The molecule has 2 aliphatic rings. The summed E-state index contributed by atoms with van der Waals surface area (Å²) in [6, 6.07) is 13.8. The number of hydrogen-bond donors (Lipinski definition) is 3. The Hall–Kier alpha value is -2.66. The van der Waals surface area contributed by atoms with Gasteiger partial charge in [0.1, 0.15) is 0 Å². The van der Waals surface area contributed by atoms with Crippen molar-refractivity contribution in [3.8, 4) is 11.1 Å².